The maximum Gasteiger partial charge on any atom is 0.221 e. The van der Waals surface area contributed by atoms with Crippen LogP contribution in [0, 0.1) is 5.41 Å². The van der Waals surface area contributed by atoms with E-state index in [1.165, 1.54) is 16.3 Å². The van der Waals surface area contributed by atoms with Crippen molar-refractivity contribution < 1.29 is 4.79 Å². The number of aryl methyl sites for hydroxylation is 1. The van der Waals surface area contributed by atoms with Crippen LogP contribution in [-0.4, -0.2) is 47.8 Å². The van der Waals surface area contributed by atoms with E-state index in [0.29, 0.717) is 38.3 Å². The van der Waals surface area contributed by atoms with Gasteiger partial charge in [-0.1, -0.05) is 48.4 Å². The fourth-order valence-electron chi connectivity index (χ4n) is 3.86. The zero-order chi connectivity index (χ0) is 22.8. The first-order chi connectivity index (χ1) is 15.6. The van der Waals surface area contributed by atoms with Gasteiger partial charge in [0.25, 0.3) is 0 Å². The monoisotopic (exact) mass is 431 g/mol. The van der Waals surface area contributed by atoms with Crippen LogP contribution in [0.25, 0.3) is 32.2 Å². The average Bonchev–Trinajstić information content (AvgIpc) is 2.82. The molecule has 0 saturated heterocycles. The van der Waals surface area contributed by atoms with Crippen molar-refractivity contribution in [1.29, 1.82) is 5.41 Å². The predicted molar refractivity (Wildman–Crippen MR) is 129 cm³/mol. The molecule has 0 aliphatic heterocycles. The van der Waals surface area contributed by atoms with E-state index in [4.69, 9.17) is 15.9 Å². The number of carbonyl (C=O) groups excluding carboxylic acids is 1. The zero-order valence-corrected chi connectivity index (χ0v) is 18.4. The third-order valence-electron chi connectivity index (χ3n) is 5.48. The molecule has 3 rings (SSSR count). The normalized spacial score (nSPS) is 10.7. The maximum absolute atomic E-state index is 12.1. The van der Waals surface area contributed by atoms with Crippen LogP contribution >= 0.6 is 0 Å². The SMILES string of the molecule is CCC(=N)N(CCCc1c2ccccc2nc2ccccc12)CCC(=O)NCCN=[N+]=[N-]. The van der Waals surface area contributed by atoms with Gasteiger partial charge in [-0.2, -0.15) is 0 Å². The lowest BCUT2D eigenvalue weighted by Gasteiger charge is -2.25. The average molecular weight is 432 g/mol. The quantitative estimate of drug-likeness (QED) is 0.0861. The van der Waals surface area contributed by atoms with Crippen LogP contribution in [0.3, 0.4) is 0 Å². The molecule has 0 spiro atoms. The number of benzene rings is 2. The molecule has 1 aromatic heterocycles. The highest BCUT2D eigenvalue weighted by Gasteiger charge is 2.13. The largest absolute Gasteiger partial charge is 0.360 e. The minimum absolute atomic E-state index is 0.0989. The van der Waals surface area contributed by atoms with Crippen LogP contribution in [0.4, 0.5) is 0 Å². The van der Waals surface area contributed by atoms with E-state index in [0.717, 1.165) is 23.9 Å². The molecule has 0 saturated carbocycles. The molecule has 8 nitrogen and oxygen atoms in total. The summed E-state index contributed by atoms with van der Waals surface area (Å²) in [6, 6.07) is 16.4. The molecule has 2 aromatic carbocycles. The fraction of sp³-hybridized carbons (Fsp3) is 0.375. The first kappa shape index (κ1) is 23.0. The number of para-hydroxylation sites is 2. The molecule has 3 aromatic rings. The van der Waals surface area contributed by atoms with Gasteiger partial charge in [-0.05, 0) is 36.1 Å². The molecule has 0 fully saturated rings. The Balaban J connectivity index is 1.65. The predicted octanol–water partition coefficient (Wildman–Crippen LogP) is 4.83. The van der Waals surface area contributed by atoms with Crippen LogP contribution in [0.5, 0.6) is 0 Å². The number of nitrogens with zero attached hydrogens (tertiary/aromatic N) is 5. The number of nitrogens with one attached hydrogen (secondary N) is 2. The van der Waals surface area contributed by atoms with Crippen molar-refractivity contribution in [2.45, 2.75) is 32.6 Å². The lowest BCUT2D eigenvalue weighted by molar-refractivity contribution is -0.121. The Bertz CT molecular complexity index is 1080. The lowest BCUT2D eigenvalue weighted by Crippen LogP contribution is -2.36. The van der Waals surface area contributed by atoms with Crippen molar-refractivity contribution in [2.24, 2.45) is 5.11 Å². The summed E-state index contributed by atoms with van der Waals surface area (Å²) in [6.45, 7) is 3.74. The first-order valence-electron chi connectivity index (χ1n) is 11.0. The number of rotatable bonds is 11. The van der Waals surface area contributed by atoms with Gasteiger partial charge in [-0.15, -0.1) is 0 Å². The molecule has 32 heavy (non-hydrogen) atoms. The van der Waals surface area contributed by atoms with Gasteiger partial charge in [0.1, 0.15) is 0 Å². The van der Waals surface area contributed by atoms with E-state index >= 15 is 0 Å². The van der Waals surface area contributed by atoms with E-state index in [2.05, 4.69) is 27.5 Å². The second-order valence-corrected chi connectivity index (χ2v) is 7.57. The molecule has 8 heteroatoms. The number of pyridine rings is 1. The number of amides is 1. The van der Waals surface area contributed by atoms with Crippen molar-refractivity contribution in [3.05, 3.63) is 64.5 Å². The molecule has 1 heterocycles. The minimum Gasteiger partial charge on any atom is -0.360 e. The number of hydrogen-bond acceptors (Lipinski definition) is 4. The molecule has 0 unspecified atom stereocenters. The van der Waals surface area contributed by atoms with Gasteiger partial charge in [-0.25, -0.2) is 4.98 Å². The van der Waals surface area contributed by atoms with E-state index in [-0.39, 0.29) is 12.5 Å². The second-order valence-electron chi connectivity index (χ2n) is 7.57. The van der Waals surface area contributed by atoms with Crippen molar-refractivity contribution in [3.8, 4) is 0 Å². The second kappa shape index (κ2) is 11.7. The molecule has 0 radical (unpaired) electrons. The van der Waals surface area contributed by atoms with Gasteiger partial charge in [0.2, 0.25) is 5.91 Å². The van der Waals surface area contributed by atoms with Gasteiger partial charge in [0.05, 0.1) is 16.9 Å². The smallest absolute Gasteiger partial charge is 0.221 e. The van der Waals surface area contributed by atoms with E-state index < -0.39 is 0 Å². The summed E-state index contributed by atoms with van der Waals surface area (Å²) in [5, 5.41) is 16.8. The molecular formula is C24H29N7O. The number of fused-ring (bicyclic) bond motifs is 2. The van der Waals surface area contributed by atoms with Crippen LogP contribution in [-0.2, 0) is 11.2 Å². The molecular weight excluding hydrogens is 402 g/mol. The Morgan fingerprint density at radius 1 is 1.12 bits per heavy atom. The summed E-state index contributed by atoms with van der Waals surface area (Å²) in [4.78, 5) is 21.5. The van der Waals surface area contributed by atoms with Crippen molar-refractivity contribution in [3.63, 3.8) is 0 Å². The Morgan fingerprint density at radius 3 is 2.41 bits per heavy atom. The van der Waals surface area contributed by atoms with Crippen LogP contribution in [0.1, 0.15) is 31.7 Å². The van der Waals surface area contributed by atoms with Gasteiger partial charge in [-0.3, -0.25) is 10.2 Å². The number of carbonyl (C=O) groups is 1. The van der Waals surface area contributed by atoms with Gasteiger partial charge in [0.15, 0.2) is 0 Å². The maximum atomic E-state index is 12.1. The number of hydrogen-bond donors (Lipinski definition) is 2. The molecule has 1 amide bonds. The number of azide groups is 1. The van der Waals surface area contributed by atoms with Crippen LogP contribution < -0.4 is 5.32 Å². The highest BCUT2D eigenvalue weighted by atomic mass is 16.1. The van der Waals surface area contributed by atoms with Gasteiger partial charge >= 0.3 is 0 Å². The Kier molecular flexibility index (Phi) is 8.40. The Hall–Kier alpha value is -3.64. The fourth-order valence-corrected chi connectivity index (χ4v) is 3.86. The lowest BCUT2D eigenvalue weighted by atomic mass is 9.98. The summed E-state index contributed by atoms with van der Waals surface area (Å²) >= 11 is 0. The third-order valence-corrected chi connectivity index (χ3v) is 5.48. The third kappa shape index (κ3) is 5.95. The molecule has 0 atom stereocenters. The highest BCUT2D eigenvalue weighted by molar-refractivity contribution is 5.97. The zero-order valence-electron chi connectivity index (χ0n) is 18.4. The molecule has 0 aliphatic carbocycles. The van der Waals surface area contributed by atoms with Crippen molar-refractivity contribution in [1.82, 2.24) is 15.2 Å². The topological polar surface area (TPSA) is 118 Å². The summed E-state index contributed by atoms with van der Waals surface area (Å²) in [6.07, 6.45) is 2.67. The molecule has 0 aliphatic rings. The van der Waals surface area contributed by atoms with E-state index in [1.807, 2.05) is 48.2 Å². The minimum atomic E-state index is -0.0989. The molecule has 2 N–H and O–H groups in total. The number of amidine groups is 1. The molecule has 166 valence electrons. The van der Waals surface area contributed by atoms with Crippen molar-refractivity contribution >= 4 is 33.5 Å². The highest BCUT2D eigenvalue weighted by Crippen LogP contribution is 2.27. The summed E-state index contributed by atoms with van der Waals surface area (Å²) < 4.78 is 0. The van der Waals surface area contributed by atoms with E-state index in [9.17, 15) is 4.79 Å². The summed E-state index contributed by atoms with van der Waals surface area (Å²) in [5.74, 6) is 0.439. The van der Waals surface area contributed by atoms with Crippen LogP contribution in [0.15, 0.2) is 53.6 Å². The first-order valence-corrected chi connectivity index (χ1v) is 11.0. The summed E-state index contributed by atoms with van der Waals surface area (Å²) in [5.41, 5.74) is 11.6. The standard InChI is InChI=1S/C24H29N7O/c1-2-23(25)31(17-13-24(32)27-14-15-28-30-26)16-7-10-18-19-8-3-5-11-21(19)29-22-12-6-4-9-20(18)22/h3-6,8-9,11-12,25H,2,7,10,13-17H2,1H3,(H,27,32). The van der Waals surface area contributed by atoms with Crippen molar-refractivity contribution in [2.75, 3.05) is 26.2 Å². The molecule has 0 bridgehead atoms. The Labute approximate surface area is 187 Å². The van der Waals surface area contributed by atoms with E-state index in [1.54, 1.807) is 0 Å². The van der Waals surface area contributed by atoms with Gasteiger partial charge < -0.3 is 10.2 Å². The Morgan fingerprint density at radius 2 is 1.78 bits per heavy atom. The number of aromatic nitrogens is 1. The summed E-state index contributed by atoms with van der Waals surface area (Å²) in [7, 11) is 0. The van der Waals surface area contributed by atoms with Gasteiger partial charge in [0, 0.05) is 54.7 Å². The van der Waals surface area contributed by atoms with Crippen LogP contribution in [0.2, 0.25) is 0 Å².